The van der Waals surface area contributed by atoms with Gasteiger partial charge in [-0.1, -0.05) is 12.1 Å². The van der Waals surface area contributed by atoms with Gasteiger partial charge in [-0.05, 0) is 55.1 Å². The zero-order valence-electron chi connectivity index (χ0n) is 11.9. The van der Waals surface area contributed by atoms with E-state index in [1.54, 1.807) is 6.92 Å². The molecular weight excluding hydrogens is 273 g/mol. The molecule has 0 aromatic heterocycles. The van der Waals surface area contributed by atoms with E-state index < -0.39 is 0 Å². The number of hydrogen-bond donors (Lipinski definition) is 1. The third kappa shape index (κ3) is 2.74. The minimum Gasteiger partial charge on any atom is -0.374 e. The van der Waals surface area contributed by atoms with Crippen molar-refractivity contribution < 1.29 is 9.13 Å². The van der Waals surface area contributed by atoms with Crippen LogP contribution in [0.4, 0.5) is 4.39 Å². The lowest BCUT2D eigenvalue weighted by atomic mass is 9.79. The molecule has 2 saturated heterocycles. The first-order valence-corrected chi connectivity index (χ1v) is 8.48. The predicted octanol–water partition coefficient (Wildman–Crippen LogP) is 3.44. The average molecular weight is 295 g/mol. The van der Waals surface area contributed by atoms with Crippen molar-refractivity contribution in [3.63, 3.8) is 0 Å². The molecule has 0 radical (unpaired) electrons. The number of halogens is 1. The summed E-state index contributed by atoms with van der Waals surface area (Å²) in [4.78, 5) is 0. The molecule has 2 fully saturated rings. The number of thioether (sulfide) groups is 1. The van der Waals surface area contributed by atoms with Crippen molar-refractivity contribution in [2.75, 3.05) is 18.1 Å². The highest BCUT2D eigenvalue weighted by Crippen LogP contribution is 2.43. The van der Waals surface area contributed by atoms with E-state index in [0.29, 0.717) is 11.5 Å². The Bertz CT molecular complexity index is 487. The van der Waals surface area contributed by atoms with Crippen LogP contribution in [0.15, 0.2) is 18.2 Å². The van der Waals surface area contributed by atoms with Crippen LogP contribution < -0.4 is 5.73 Å². The van der Waals surface area contributed by atoms with E-state index in [1.807, 2.05) is 23.9 Å². The van der Waals surface area contributed by atoms with E-state index in [9.17, 15) is 4.39 Å². The van der Waals surface area contributed by atoms with Crippen molar-refractivity contribution in [3.8, 4) is 0 Å². The van der Waals surface area contributed by atoms with Gasteiger partial charge in [0.2, 0.25) is 0 Å². The summed E-state index contributed by atoms with van der Waals surface area (Å²) in [6.45, 7) is 2.60. The first kappa shape index (κ1) is 14.4. The number of aryl methyl sites for hydroxylation is 1. The highest BCUT2D eigenvalue weighted by Gasteiger charge is 2.42. The summed E-state index contributed by atoms with van der Waals surface area (Å²) in [6, 6.07) is 5.25. The van der Waals surface area contributed by atoms with Gasteiger partial charge < -0.3 is 10.5 Å². The fourth-order valence-corrected chi connectivity index (χ4v) is 4.76. The zero-order valence-corrected chi connectivity index (χ0v) is 12.7. The average Bonchev–Trinajstić information content (AvgIpc) is 2.89. The molecule has 0 saturated carbocycles. The van der Waals surface area contributed by atoms with Crippen molar-refractivity contribution in [1.82, 2.24) is 0 Å². The van der Waals surface area contributed by atoms with Gasteiger partial charge >= 0.3 is 0 Å². The number of hydrogen-bond acceptors (Lipinski definition) is 3. The van der Waals surface area contributed by atoms with Gasteiger partial charge in [-0.2, -0.15) is 11.8 Å². The van der Waals surface area contributed by atoms with E-state index in [4.69, 9.17) is 10.5 Å². The van der Waals surface area contributed by atoms with Gasteiger partial charge in [-0.3, -0.25) is 0 Å². The second-order valence-electron chi connectivity index (χ2n) is 6.12. The Morgan fingerprint density at radius 2 is 2.35 bits per heavy atom. The first-order valence-electron chi connectivity index (χ1n) is 7.33. The highest BCUT2D eigenvalue weighted by atomic mass is 32.2. The minimum absolute atomic E-state index is 0.0133. The maximum absolute atomic E-state index is 13.4. The summed E-state index contributed by atoms with van der Waals surface area (Å²) in [5.74, 6) is 2.57. The molecule has 1 aromatic rings. The number of rotatable bonds is 2. The molecule has 2 aliphatic heterocycles. The molecule has 2 nitrogen and oxygen atoms in total. The van der Waals surface area contributed by atoms with E-state index in [1.165, 1.54) is 11.8 Å². The molecule has 2 N–H and O–H groups in total. The molecule has 2 aliphatic rings. The van der Waals surface area contributed by atoms with Crippen LogP contribution >= 0.6 is 11.8 Å². The molecule has 3 rings (SSSR count). The van der Waals surface area contributed by atoms with Crippen molar-refractivity contribution >= 4 is 11.8 Å². The van der Waals surface area contributed by atoms with Gasteiger partial charge in [0.1, 0.15) is 5.82 Å². The van der Waals surface area contributed by atoms with Gasteiger partial charge in [-0.25, -0.2) is 4.39 Å². The number of benzene rings is 1. The van der Waals surface area contributed by atoms with E-state index in [2.05, 4.69) is 0 Å². The third-order valence-electron chi connectivity index (χ3n) is 4.67. The van der Waals surface area contributed by atoms with Crippen LogP contribution in [0.25, 0.3) is 0 Å². The van der Waals surface area contributed by atoms with Gasteiger partial charge in [-0.15, -0.1) is 0 Å². The second-order valence-corrected chi connectivity index (χ2v) is 7.23. The Labute approximate surface area is 124 Å². The molecule has 0 aliphatic carbocycles. The van der Waals surface area contributed by atoms with Gasteiger partial charge in [0, 0.05) is 18.4 Å². The summed E-state index contributed by atoms with van der Waals surface area (Å²) < 4.78 is 19.4. The van der Waals surface area contributed by atoms with Crippen LogP contribution in [0.5, 0.6) is 0 Å². The molecule has 0 amide bonds. The van der Waals surface area contributed by atoms with Crippen LogP contribution in [0, 0.1) is 18.7 Å². The van der Waals surface area contributed by atoms with Crippen molar-refractivity contribution in [1.29, 1.82) is 0 Å². The van der Waals surface area contributed by atoms with Crippen LogP contribution in [-0.2, 0) is 4.74 Å². The molecule has 4 heteroatoms. The maximum Gasteiger partial charge on any atom is 0.126 e. The second kappa shape index (κ2) is 5.66. The molecule has 2 heterocycles. The smallest absolute Gasteiger partial charge is 0.126 e. The summed E-state index contributed by atoms with van der Waals surface area (Å²) in [7, 11) is 0. The Kier molecular flexibility index (Phi) is 4.07. The van der Waals surface area contributed by atoms with Crippen LogP contribution in [0.2, 0.25) is 0 Å². The van der Waals surface area contributed by atoms with Crippen LogP contribution in [0.1, 0.15) is 36.4 Å². The molecule has 1 aromatic carbocycles. The molecular formula is C16H22FNOS. The summed E-state index contributed by atoms with van der Waals surface area (Å²) in [6.07, 6.45) is 3.19. The lowest BCUT2D eigenvalue weighted by Crippen LogP contribution is -2.42. The standard InChI is InChI=1S/C16H22FNOS/c1-11-8-12(2-3-14(11)17)15(18)13-4-6-19-16(9-13)5-7-20-10-16/h2-3,8,13,15H,4-7,9-10,18H2,1H3. The van der Waals surface area contributed by atoms with E-state index in [0.717, 1.165) is 37.2 Å². The highest BCUT2D eigenvalue weighted by molar-refractivity contribution is 7.99. The lowest BCUT2D eigenvalue weighted by molar-refractivity contribution is -0.0834. The quantitative estimate of drug-likeness (QED) is 0.908. The monoisotopic (exact) mass is 295 g/mol. The van der Waals surface area contributed by atoms with Gasteiger partial charge in [0.25, 0.3) is 0 Å². The summed E-state index contributed by atoms with van der Waals surface area (Å²) >= 11 is 1.98. The Morgan fingerprint density at radius 3 is 3.05 bits per heavy atom. The fourth-order valence-electron chi connectivity index (χ4n) is 3.38. The predicted molar refractivity (Wildman–Crippen MR) is 81.4 cm³/mol. The van der Waals surface area contributed by atoms with Gasteiger partial charge in [0.15, 0.2) is 0 Å². The summed E-state index contributed by atoms with van der Waals surface area (Å²) in [5.41, 5.74) is 8.24. The third-order valence-corrected chi connectivity index (χ3v) is 5.90. The fraction of sp³-hybridized carbons (Fsp3) is 0.625. The lowest BCUT2D eigenvalue weighted by Gasteiger charge is -2.40. The minimum atomic E-state index is -0.156. The SMILES string of the molecule is Cc1cc(C(N)C2CCOC3(CCSC3)C2)ccc1F. The molecule has 1 spiro atoms. The Morgan fingerprint density at radius 1 is 1.50 bits per heavy atom. The number of ether oxygens (including phenoxy) is 1. The Balaban J connectivity index is 1.75. The molecule has 0 bridgehead atoms. The zero-order chi connectivity index (χ0) is 14.2. The largest absolute Gasteiger partial charge is 0.374 e. The van der Waals surface area contributed by atoms with E-state index in [-0.39, 0.29) is 17.5 Å². The van der Waals surface area contributed by atoms with Crippen LogP contribution in [-0.4, -0.2) is 23.7 Å². The number of nitrogens with two attached hydrogens (primary N) is 1. The molecule has 110 valence electrons. The Hall–Kier alpha value is -0.580. The van der Waals surface area contributed by atoms with Crippen molar-refractivity contribution in [3.05, 3.63) is 35.1 Å². The van der Waals surface area contributed by atoms with E-state index >= 15 is 0 Å². The molecule has 20 heavy (non-hydrogen) atoms. The van der Waals surface area contributed by atoms with Crippen molar-refractivity contribution in [2.45, 2.75) is 37.8 Å². The molecule has 3 atom stereocenters. The first-order chi connectivity index (χ1) is 9.60. The van der Waals surface area contributed by atoms with Gasteiger partial charge in [0.05, 0.1) is 5.60 Å². The van der Waals surface area contributed by atoms with Crippen LogP contribution in [0.3, 0.4) is 0 Å². The normalized spacial score (nSPS) is 31.6. The maximum atomic E-state index is 13.4. The topological polar surface area (TPSA) is 35.2 Å². The van der Waals surface area contributed by atoms with Crippen molar-refractivity contribution in [2.24, 2.45) is 11.7 Å². The summed E-state index contributed by atoms with van der Waals surface area (Å²) in [5, 5.41) is 0. The molecule has 3 unspecified atom stereocenters.